The Kier molecular flexibility index (Phi) is 5.58. The Labute approximate surface area is 171 Å². The largest absolute Gasteiger partial charge is 0.378 e. The summed E-state index contributed by atoms with van der Waals surface area (Å²) < 4.78 is 33.6. The highest BCUT2D eigenvalue weighted by Gasteiger charge is 2.44. The van der Waals surface area contributed by atoms with Crippen LogP contribution in [0.3, 0.4) is 0 Å². The Morgan fingerprint density at radius 1 is 0.931 bits per heavy atom. The van der Waals surface area contributed by atoms with Gasteiger partial charge in [0.1, 0.15) is 6.17 Å². The highest BCUT2D eigenvalue weighted by atomic mass is 32.2. The molecule has 154 valence electrons. The van der Waals surface area contributed by atoms with Gasteiger partial charge in [0, 0.05) is 26.2 Å². The van der Waals surface area contributed by atoms with Crippen molar-refractivity contribution in [3.8, 4) is 0 Å². The molecular weight excluding hydrogens is 390 g/mol. The van der Waals surface area contributed by atoms with E-state index in [1.807, 2.05) is 37.3 Å². The van der Waals surface area contributed by atoms with E-state index in [9.17, 15) is 13.2 Å². The Balaban J connectivity index is 1.70. The molecule has 0 unspecified atom stereocenters. The maximum atomic E-state index is 13.4. The minimum Gasteiger partial charge on any atom is -0.378 e. The summed E-state index contributed by atoms with van der Waals surface area (Å²) in [5, 5.41) is 0. The number of hydrogen-bond acceptors (Lipinski definition) is 4. The molecule has 2 aromatic carbocycles. The molecule has 1 atom stereocenters. The van der Waals surface area contributed by atoms with Gasteiger partial charge in [-0.05, 0) is 24.6 Å². The van der Waals surface area contributed by atoms with Gasteiger partial charge in [-0.3, -0.25) is 0 Å². The molecule has 2 aliphatic rings. The lowest BCUT2D eigenvalue weighted by atomic mass is 10.1. The smallest absolute Gasteiger partial charge is 0.321 e. The number of morpholine rings is 1. The zero-order valence-electron chi connectivity index (χ0n) is 16.4. The molecule has 0 aliphatic carbocycles. The Bertz CT molecular complexity index is 957. The summed E-state index contributed by atoms with van der Waals surface area (Å²) in [6.45, 7) is 4.56. The molecule has 0 aromatic heterocycles. The molecular formula is C21H25N3O4S. The molecule has 2 amide bonds. The second-order valence-electron chi connectivity index (χ2n) is 7.29. The van der Waals surface area contributed by atoms with Gasteiger partial charge < -0.3 is 14.5 Å². The topological polar surface area (TPSA) is 70.2 Å². The predicted octanol–water partition coefficient (Wildman–Crippen LogP) is 2.45. The third kappa shape index (κ3) is 3.88. The SMILES string of the molecule is Cc1ccc(S(=O)(=O)N2CCN(C(=O)N3CCOCC3)[C@@H]2c2ccccc2)cc1. The molecule has 2 aromatic rings. The fourth-order valence-electron chi connectivity index (χ4n) is 3.81. The van der Waals surface area contributed by atoms with E-state index < -0.39 is 16.2 Å². The summed E-state index contributed by atoms with van der Waals surface area (Å²) >= 11 is 0. The van der Waals surface area contributed by atoms with Crippen LogP contribution in [0.15, 0.2) is 59.5 Å². The first kappa shape index (κ1) is 19.9. The lowest BCUT2D eigenvalue weighted by Crippen LogP contribution is -2.49. The third-order valence-electron chi connectivity index (χ3n) is 5.38. The highest BCUT2D eigenvalue weighted by Crippen LogP contribution is 2.35. The van der Waals surface area contributed by atoms with Gasteiger partial charge >= 0.3 is 6.03 Å². The predicted molar refractivity (Wildman–Crippen MR) is 109 cm³/mol. The molecule has 8 heteroatoms. The van der Waals surface area contributed by atoms with Crippen molar-refractivity contribution in [2.75, 3.05) is 39.4 Å². The summed E-state index contributed by atoms with van der Waals surface area (Å²) in [6.07, 6.45) is -0.669. The van der Waals surface area contributed by atoms with Crippen molar-refractivity contribution in [1.29, 1.82) is 0 Å². The van der Waals surface area contributed by atoms with E-state index in [0.29, 0.717) is 32.8 Å². The Morgan fingerprint density at radius 2 is 1.59 bits per heavy atom. The lowest BCUT2D eigenvalue weighted by Gasteiger charge is -2.35. The third-order valence-corrected chi connectivity index (χ3v) is 7.25. The average Bonchev–Trinajstić information content (AvgIpc) is 3.21. The summed E-state index contributed by atoms with van der Waals surface area (Å²) in [6, 6.07) is 16.0. The summed E-state index contributed by atoms with van der Waals surface area (Å²) in [4.78, 5) is 16.8. The first-order valence-corrected chi connectivity index (χ1v) is 11.2. The summed E-state index contributed by atoms with van der Waals surface area (Å²) in [5.41, 5.74) is 1.77. The molecule has 7 nitrogen and oxygen atoms in total. The molecule has 2 fully saturated rings. The fourth-order valence-corrected chi connectivity index (χ4v) is 5.38. The van der Waals surface area contributed by atoms with Crippen LogP contribution in [0.4, 0.5) is 4.79 Å². The van der Waals surface area contributed by atoms with Crippen molar-refractivity contribution >= 4 is 16.1 Å². The van der Waals surface area contributed by atoms with Crippen molar-refractivity contribution in [1.82, 2.24) is 14.1 Å². The number of benzene rings is 2. The Hall–Kier alpha value is -2.42. The van der Waals surface area contributed by atoms with E-state index in [4.69, 9.17) is 4.74 Å². The molecule has 0 bridgehead atoms. The number of carbonyl (C=O) groups is 1. The molecule has 29 heavy (non-hydrogen) atoms. The number of hydrogen-bond donors (Lipinski definition) is 0. The molecule has 2 saturated heterocycles. The lowest BCUT2D eigenvalue weighted by molar-refractivity contribution is 0.0400. The van der Waals surface area contributed by atoms with E-state index in [1.165, 1.54) is 4.31 Å². The van der Waals surface area contributed by atoms with Gasteiger partial charge in [-0.15, -0.1) is 0 Å². The van der Waals surface area contributed by atoms with Crippen molar-refractivity contribution in [2.24, 2.45) is 0 Å². The van der Waals surface area contributed by atoms with Gasteiger partial charge in [-0.2, -0.15) is 4.31 Å². The fraction of sp³-hybridized carbons (Fsp3) is 0.381. The highest BCUT2D eigenvalue weighted by molar-refractivity contribution is 7.89. The van der Waals surface area contributed by atoms with Crippen LogP contribution in [0, 0.1) is 6.92 Å². The Morgan fingerprint density at radius 3 is 2.24 bits per heavy atom. The van der Waals surface area contributed by atoms with Crippen molar-refractivity contribution in [3.05, 3.63) is 65.7 Å². The zero-order chi connectivity index (χ0) is 20.4. The number of nitrogens with zero attached hydrogens (tertiary/aromatic N) is 3. The number of rotatable bonds is 3. The van der Waals surface area contributed by atoms with Crippen molar-refractivity contribution in [2.45, 2.75) is 18.0 Å². The normalized spacial score (nSPS) is 20.8. The van der Waals surface area contributed by atoms with Gasteiger partial charge in [0.05, 0.1) is 18.1 Å². The first-order valence-electron chi connectivity index (χ1n) is 9.75. The van der Waals surface area contributed by atoms with Crippen LogP contribution in [-0.2, 0) is 14.8 Å². The molecule has 2 heterocycles. The summed E-state index contributed by atoms with van der Waals surface area (Å²) in [5.74, 6) is 0. The molecule has 0 radical (unpaired) electrons. The van der Waals surface area contributed by atoms with Gasteiger partial charge in [0.25, 0.3) is 0 Å². The average molecular weight is 416 g/mol. The van der Waals surface area contributed by atoms with Crippen LogP contribution in [0.25, 0.3) is 0 Å². The number of ether oxygens (including phenoxy) is 1. The van der Waals surface area contributed by atoms with E-state index >= 15 is 0 Å². The number of sulfonamides is 1. The molecule has 0 N–H and O–H groups in total. The maximum Gasteiger partial charge on any atom is 0.321 e. The minimum absolute atomic E-state index is 0.149. The molecule has 2 aliphatic heterocycles. The first-order chi connectivity index (χ1) is 14.0. The number of amides is 2. The standard InChI is InChI=1S/C21H25N3O4S/c1-17-7-9-19(10-8-17)29(26,27)24-12-11-23(20(24)18-5-3-2-4-6-18)21(25)22-13-15-28-16-14-22/h2-10,20H,11-16H2,1H3/t20-/m0/s1. The van der Waals surface area contributed by atoms with E-state index in [-0.39, 0.29) is 17.5 Å². The van der Waals surface area contributed by atoms with E-state index in [2.05, 4.69) is 0 Å². The van der Waals surface area contributed by atoms with Gasteiger partial charge in [0.15, 0.2) is 0 Å². The second kappa shape index (κ2) is 8.14. The van der Waals surface area contributed by atoms with Crippen LogP contribution in [0.2, 0.25) is 0 Å². The van der Waals surface area contributed by atoms with E-state index in [0.717, 1.165) is 11.1 Å². The zero-order valence-corrected chi connectivity index (χ0v) is 17.2. The minimum atomic E-state index is -3.75. The molecule has 0 saturated carbocycles. The van der Waals surface area contributed by atoms with Crippen molar-refractivity contribution in [3.63, 3.8) is 0 Å². The number of urea groups is 1. The van der Waals surface area contributed by atoms with Crippen LogP contribution < -0.4 is 0 Å². The number of aryl methyl sites for hydroxylation is 1. The van der Waals surface area contributed by atoms with E-state index in [1.54, 1.807) is 34.1 Å². The van der Waals surface area contributed by atoms with Crippen LogP contribution >= 0.6 is 0 Å². The monoisotopic (exact) mass is 415 g/mol. The molecule has 4 rings (SSSR count). The van der Waals surface area contributed by atoms with Crippen LogP contribution in [0.1, 0.15) is 17.3 Å². The molecule has 0 spiro atoms. The van der Waals surface area contributed by atoms with Gasteiger partial charge in [0.2, 0.25) is 10.0 Å². The van der Waals surface area contributed by atoms with Crippen LogP contribution in [0.5, 0.6) is 0 Å². The summed E-state index contributed by atoms with van der Waals surface area (Å²) in [7, 11) is -3.75. The quantitative estimate of drug-likeness (QED) is 0.772. The van der Waals surface area contributed by atoms with Crippen LogP contribution in [-0.4, -0.2) is 67.9 Å². The number of carbonyl (C=O) groups excluding carboxylic acids is 1. The maximum absolute atomic E-state index is 13.4. The van der Waals surface area contributed by atoms with Gasteiger partial charge in [-0.1, -0.05) is 48.0 Å². The second-order valence-corrected chi connectivity index (χ2v) is 9.18. The van der Waals surface area contributed by atoms with Crippen molar-refractivity contribution < 1.29 is 17.9 Å². The van der Waals surface area contributed by atoms with Gasteiger partial charge in [-0.25, -0.2) is 13.2 Å².